The number of para-hydroxylation sites is 1. The highest BCUT2D eigenvalue weighted by Gasteiger charge is 2.37. The first-order valence-electron chi connectivity index (χ1n) is 11.6. The van der Waals surface area contributed by atoms with Crippen LogP contribution in [0, 0.1) is 5.92 Å². The zero-order chi connectivity index (χ0) is 23.2. The summed E-state index contributed by atoms with van der Waals surface area (Å²) in [6.45, 7) is 4.41. The first-order chi connectivity index (χ1) is 16.6. The number of imidazole rings is 1. The second kappa shape index (κ2) is 8.28. The number of hydrogen-bond donors (Lipinski definition) is 1. The van der Waals surface area contributed by atoms with Gasteiger partial charge in [0.1, 0.15) is 11.6 Å². The van der Waals surface area contributed by atoms with Gasteiger partial charge >= 0.3 is 0 Å². The van der Waals surface area contributed by atoms with Crippen LogP contribution in [0.4, 0.5) is 0 Å². The van der Waals surface area contributed by atoms with Crippen molar-refractivity contribution in [2.45, 2.75) is 31.6 Å². The topological polar surface area (TPSA) is 118 Å². The number of fused-ring (bicyclic) bond motifs is 2. The Morgan fingerprint density at radius 1 is 1.12 bits per heavy atom. The van der Waals surface area contributed by atoms with Crippen LogP contribution in [0.25, 0.3) is 16.4 Å². The third kappa shape index (κ3) is 3.54. The number of nitrogens with one attached hydrogen (secondary N) is 1. The van der Waals surface area contributed by atoms with E-state index in [2.05, 4.69) is 26.9 Å². The number of carbonyl (C=O) groups is 1. The molecule has 3 aromatic heterocycles. The van der Waals surface area contributed by atoms with Crippen molar-refractivity contribution in [1.82, 2.24) is 34.4 Å². The molecule has 2 aliphatic rings. The third-order valence-corrected chi connectivity index (χ3v) is 6.96. The van der Waals surface area contributed by atoms with Crippen LogP contribution in [-0.2, 0) is 4.74 Å². The fraction of sp³-hybridized carbons (Fsp3) is 0.417. The van der Waals surface area contributed by atoms with Crippen molar-refractivity contribution in [2.75, 3.05) is 26.3 Å². The van der Waals surface area contributed by atoms with Crippen LogP contribution in [0.3, 0.4) is 0 Å². The molecule has 2 aliphatic heterocycles. The number of H-pyrrole nitrogens is 1. The van der Waals surface area contributed by atoms with E-state index >= 15 is 0 Å². The molecule has 174 valence electrons. The molecule has 1 N–H and O–H groups in total. The van der Waals surface area contributed by atoms with E-state index in [9.17, 15) is 9.59 Å². The summed E-state index contributed by atoms with van der Waals surface area (Å²) in [5.41, 5.74) is 0.959. The highest BCUT2D eigenvalue weighted by molar-refractivity contribution is 5.92. The summed E-state index contributed by atoms with van der Waals surface area (Å²) in [7, 11) is 0. The largest absolute Gasteiger partial charge is 0.381 e. The van der Waals surface area contributed by atoms with E-state index in [1.807, 2.05) is 24.3 Å². The minimum atomic E-state index is -0.217. The summed E-state index contributed by atoms with van der Waals surface area (Å²) < 4.78 is 7.16. The lowest BCUT2D eigenvalue weighted by Gasteiger charge is -2.21. The van der Waals surface area contributed by atoms with Gasteiger partial charge < -0.3 is 14.6 Å². The summed E-state index contributed by atoms with van der Waals surface area (Å²) in [5.74, 6) is 1.56. The maximum Gasteiger partial charge on any atom is 0.291 e. The first-order valence-corrected chi connectivity index (χ1v) is 11.6. The zero-order valence-electron chi connectivity index (χ0n) is 18.8. The van der Waals surface area contributed by atoms with Crippen LogP contribution in [0.2, 0.25) is 0 Å². The van der Waals surface area contributed by atoms with Crippen molar-refractivity contribution in [3.8, 4) is 0 Å². The van der Waals surface area contributed by atoms with E-state index < -0.39 is 0 Å². The zero-order valence-corrected chi connectivity index (χ0v) is 18.8. The molecule has 5 heterocycles. The third-order valence-electron chi connectivity index (χ3n) is 6.96. The first kappa shape index (κ1) is 20.9. The Balaban J connectivity index is 1.29. The summed E-state index contributed by atoms with van der Waals surface area (Å²) in [4.78, 5) is 44.0. The number of hydrogen-bond acceptors (Lipinski definition) is 7. The average Bonchev–Trinajstić information content (AvgIpc) is 3.48. The SMILES string of the molecule is CC1CN(C(=O)c2ncc3ccccc3n2)CC1c1nn2c(C3CCOCC3)ncc2c(=O)[nH]1. The summed E-state index contributed by atoms with van der Waals surface area (Å²) in [5, 5.41) is 5.69. The van der Waals surface area contributed by atoms with Crippen LogP contribution < -0.4 is 5.56 Å². The van der Waals surface area contributed by atoms with Gasteiger partial charge in [-0.05, 0) is 24.8 Å². The number of carbonyl (C=O) groups excluding carboxylic acids is 1. The Hall–Kier alpha value is -3.66. The smallest absolute Gasteiger partial charge is 0.291 e. The molecule has 0 bridgehead atoms. The maximum atomic E-state index is 13.2. The second-order valence-corrected chi connectivity index (χ2v) is 9.19. The van der Waals surface area contributed by atoms with Crippen molar-refractivity contribution >= 4 is 22.3 Å². The van der Waals surface area contributed by atoms with E-state index in [1.165, 1.54) is 0 Å². The highest BCUT2D eigenvalue weighted by atomic mass is 16.5. The molecule has 2 atom stereocenters. The Kier molecular flexibility index (Phi) is 5.09. The molecule has 1 amide bonds. The molecule has 2 fully saturated rings. The van der Waals surface area contributed by atoms with E-state index in [4.69, 9.17) is 9.84 Å². The molecular weight excluding hydrogens is 434 g/mol. The number of rotatable bonds is 3. The molecule has 0 spiro atoms. The number of aromatic amines is 1. The predicted octanol–water partition coefficient (Wildman–Crippen LogP) is 2.13. The molecule has 0 saturated carbocycles. The minimum Gasteiger partial charge on any atom is -0.381 e. The Bertz CT molecular complexity index is 1440. The molecule has 6 rings (SSSR count). The Labute approximate surface area is 195 Å². The van der Waals surface area contributed by atoms with E-state index in [-0.39, 0.29) is 35.0 Å². The lowest BCUT2D eigenvalue weighted by molar-refractivity contribution is 0.0775. The summed E-state index contributed by atoms with van der Waals surface area (Å²) >= 11 is 0. The molecule has 0 aliphatic carbocycles. The fourth-order valence-corrected chi connectivity index (χ4v) is 5.04. The molecule has 1 aromatic carbocycles. The van der Waals surface area contributed by atoms with E-state index in [0.717, 1.165) is 29.6 Å². The van der Waals surface area contributed by atoms with E-state index in [0.29, 0.717) is 37.6 Å². The van der Waals surface area contributed by atoms with Gasteiger partial charge in [0.25, 0.3) is 11.5 Å². The van der Waals surface area contributed by atoms with Gasteiger partial charge in [-0.3, -0.25) is 9.59 Å². The quantitative estimate of drug-likeness (QED) is 0.499. The van der Waals surface area contributed by atoms with Gasteiger partial charge in [-0.1, -0.05) is 25.1 Å². The average molecular weight is 460 g/mol. The van der Waals surface area contributed by atoms with Gasteiger partial charge in [0.2, 0.25) is 5.82 Å². The van der Waals surface area contributed by atoms with Crippen molar-refractivity contribution in [3.63, 3.8) is 0 Å². The molecule has 34 heavy (non-hydrogen) atoms. The predicted molar refractivity (Wildman–Crippen MR) is 124 cm³/mol. The Morgan fingerprint density at radius 2 is 1.94 bits per heavy atom. The minimum absolute atomic E-state index is 0.105. The number of amides is 1. The standard InChI is InChI=1S/C24H25N7O3/c1-14-12-30(24(33)21-25-10-16-4-2-3-5-18(16)27-21)13-17(14)20-28-23(32)19-11-26-22(31(19)29-20)15-6-8-34-9-7-15/h2-5,10-11,14-15,17H,6-9,12-13H2,1H3,(H,28,29,32). The van der Waals surface area contributed by atoms with Crippen LogP contribution >= 0.6 is 0 Å². The molecule has 0 radical (unpaired) electrons. The van der Waals surface area contributed by atoms with Gasteiger partial charge in [-0.2, -0.15) is 5.10 Å². The number of nitrogens with zero attached hydrogens (tertiary/aromatic N) is 6. The van der Waals surface area contributed by atoms with Gasteiger partial charge in [0.15, 0.2) is 5.52 Å². The van der Waals surface area contributed by atoms with Crippen molar-refractivity contribution in [3.05, 3.63) is 64.5 Å². The van der Waals surface area contributed by atoms with Gasteiger partial charge in [-0.15, -0.1) is 0 Å². The van der Waals surface area contributed by atoms with Crippen molar-refractivity contribution < 1.29 is 9.53 Å². The molecule has 4 aromatic rings. The molecular formula is C24H25N7O3. The lowest BCUT2D eigenvalue weighted by atomic mass is 9.97. The second-order valence-electron chi connectivity index (χ2n) is 9.19. The lowest BCUT2D eigenvalue weighted by Crippen LogP contribution is -2.30. The summed E-state index contributed by atoms with van der Waals surface area (Å²) in [6.07, 6.45) is 4.98. The maximum absolute atomic E-state index is 13.2. The molecule has 2 unspecified atom stereocenters. The monoisotopic (exact) mass is 459 g/mol. The Morgan fingerprint density at radius 3 is 2.79 bits per heavy atom. The molecule has 10 nitrogen and oxygen atoms in total. The normalized spacial score (nSPS) is 21.5. The molecule has 2 saturated heterocycles. The van der Waals surface area contributed by atoms with Crippen molar-refractivity contribution in [1.29, 1.82) is 0 Å². The number of benzene rings is 1. The van der Waals surface area contributed by atoms with Gasteiger partial charge in [0.05, 0.1) is 11.7 Å². The van der Waals surface area contributed by atoms with E-state index in [1.54, 1.807) is 21.8 Å². The van der Waals surface area contributed by atoms with Crippen LogP contribution in [0.15, 0.2) is 41.5 Å². The van der Waals surface area contributed by atoms with Gasteiger partial charge in [0, 0.05) is 49.7 Å². The summed E-state index contributed by atoms with van der Waals surface area (Å²) in [6, 6.07) is 7.59. The number of aromatic nitrogens is 6. The van der Waals surface area contributed by atoms with Crippen molar-refractivity contribution in [2.24, 2.45) is 5.92 Å². The van der Waals surface area contributed by atoms with Crippen LogP contribution in [0.5, 0.6) is 0 Å². The number of ether oxygens (including phenoxy) is 1. The fourth-order valence-electron chi connectivity index (χ4n) is 5.04. The molecule has 10 heteroatoms. The number of likely N-dealkylation sites (tertiary alicyclic amines) is 1. The van der Waals surface area contributed by atoms with Crippen LogP contribution in [-0.4, -0.2) is 66.7 Å². The van der Waals surface area contributed by atoms with Gasteiger partial charge in [-0.25, -0.2) is 19.5 Å². The van der Waals surface area contributed by atoms with Crippen LogP contribution in [0.1, 0.15) is 53.9 Å². The highest BCUT2D eigenvalue weighted by Crippen LogP contribution is 2.31.